The van der Waals surface area contributed by atoms with Gasteiger partial charge in [0.2, 0.25) is 0 Å². The van der Waals surface area contributed by atoms with Gasteiger partial charge in [0.1, 0.15) is 10.6 Å². The van der Waals surface area contributed by atoms with Crippen LogP contribution in [0.2, 0.25) is 10.0 Å². The number of thiophene rings is 1. The molecule has 1 N–H and O–H groups in total. The second-order valence-electron chi connectivity index (χ2n) is 5.96. The summed E-state index contributed by atoms with van der Waals surface area (Å²) in [5.41, 5.74) is 1.33. The number of nitro benzene ring substituents is 1. The first-order valence-electron chi connectivity index (χ1n) is 8.61. The minimum atomic E-state index is -0.607. The number of anilines is 1. The first-order chi connectivity index (χ1) is 14.3. The molecule has 0 aliphatic heterocycles. The van der Waals surface area contributed by atoms with Crippen molar-refractivity contribution in [3.05, 3.63) is 79.1 Å². The number of hydrogen-bond donors (Lipinski definition) is 1. The van der Waals surface area contributed by atoms with E-state index in [2.05, 4.69) is 5.32 Å². The number of rotatable bonds is 6. The molecule has 7 nitrogen and oxygen atoms in total. The number of ether oxygens (including phenoxy) is 1. The number of hydrogen-bond acceptors (Lipinski definition) is 6. The Bertz CT molecular complexity index is 1130. The minimum Gasteiger partial charge on any atom is -0.462 e. The van der Waals surface area contributed by atoms with Crippen molar-refractivity contribution in [3.63, 3.8) is 0 Å². The van der Waals surface area contributed by atoms with E-state index < -0.39 is 16.8 Å². The highest BCUT2D eigenvalue weighted by atomic mass is 35.5. The first-order valence-corrected chi connectivity index (χ1v) is 10.2. The molecule has 3 aromatic rings. The van der Waals surface area contributed by atoms with E-state index in [1.807, 2.05) is 0 Å². The quantitative estimate of drug-likeness (QED) is 0.271. The second kappa shape index (κ2) is 9.25. The number of carbonyl (C=O) groups excluding carboxylic acids is 2. The second-order valence-corrected chi connectivity index (χ2v) is 7.68. The van der Waals surface area contributed by atoms with Gasteiger partial charge >= 0.3 is 5.97 Å². The van der Waals surface area contributed by atoms with Gasteiger partial charge < -0.3 is 10.1 Å². The number of nitro groups is 1. The highest BCUT2D eigenvalue weighted by Gasteiger charge is 2.24. The lowest BCUT2D eigenvalue weighted by atomic mass is 10.0. The van der Waals surface area contributed by atoms with Crippen LogP contribution in [0.4, 0.5) is 10.7 Å². The molecular weight excluding hydrogens is 451 g/mol. The topological polar surface area (TPSA) is 98.5 Å². The minimum absolute atomic E-state index is 0.0403. The van der Waals surface area contributed by atoms with Crippen molar-refractivity contribution in [1.29, 1.82) is 0 Å². The van der Waals surface area contributed by atoms with Crippen LogP contribution in [-0.2, 0) is 4.74 Å². The van der Waals surface area contributed by atoms with Crippen LogP contribution in [0.25, 0.3) is 11.1 Å². The van der Waals surface area contributed by atoms with Crippen molar-refractivity contribution in [1.82, 2.24) is 0 Å². The third-order valence-electron chi connectivity index (χ3n) is 4.06. The van der Waals surface area contributed by atoms with Crippen molar-refractivity contribution in [3.8, 4) is 11.1 Å². The van der Waals surface area contributed by atoms with E-state index in [0.717, 1.165) is 23.0 Å². The van der Waals surface area contributed by atoms with Crippen LogP contribution < -0.4 is 5.32 Å². The maximum atomic E-state index is 12.7. The molecule has 0 fully saturated rings. The van der Waals surface area contributed by atoms with Gasteiger partial charge in [0.25, 0.3) is 11.6 Å². The Morgan fingerprint density at radius 1 is 1.17 bits per heavy atom. The summed E-state index contributed by atoms with van der Waals surface area (Å²) in [4.78, 5) is 35.6. The van der Waals surface area contributed by atoms with Crippen molar-refractivity contribution in [2.24, 2.45) is 0 Å². The standard InChI is InChI=1S/C20H14Cl2N2O5S/c1-2-29-20(26)17-15(11-3-5-12(21)6-4-11)10-30-19(17)23-18(25)14-8-7-13(24(27)28)9-16(14)22/h3-10H,2H2,1H3,(H,23,25). The summed E-state index contributed by atoms with van der Waals surface area (Å²) in [6, 6.07) is 10.4. The molecule has 1 heterocycles. The molecule has 10 heteroatoms. The number of nitrogens with one attached hydrogen (secondary N) is 1. The van der Waals surface area contributed by atoms with Crippen molar-refractivity contribution in [2.75, 3.05) is 11.9 Å². The van der Waals surface area contributed by atoms with Gasteiger partial charge in [-0.2, -0.15) is 0 Å². The van der Waals surface area contributed by atoms with Crippen molar-refractivity contribution >= 4 is 57.1 Å². The highest BCUT2D eigenvalue weighted by Crippen LogP contribution is 2.37. The lowest BCUT2D eigenvalue weighted by molar-refractivity contribution is -0.384. The Balaban J connectivity index is 1.97. The summed E-state index contributed by atoms with van der Waals surface area (Å²) in [6.07, 6.45) is 0. The van der Waals surface area contributed by atoms with E-state index in [0.29, 0.717) is 10.6 Å². The average molecular weight is 465 g/mol. The summed E-state index contributed by atoms with van der Waals surface area (Å²) in [7, 11) is 0. The largest absolute Gasteiger partial charge is 0.462 e. The van der Waals surface area contributed by atoms with E-state index in [1.54, 1.807) is 36.6 Å². The zero-order chi connectivity index (χ0) is 21.8. The fraction of sp³-hybridized carbons (Fsp3) is 0.100. The lowest BCUT2D eigenvalue weighted by Gasteiger charge is -2.09. The number of non-ortho nitro benzene ring substituents is 1. The smallest absolute Gasteiger partial charge is 0.341 e. The Morgan fingerprint density at radius 2 is 1.87 bits per heavy atom. The van der Waals surface area contributed by atoms with Gasteiger partial charge in [0, 0.05) is 28.1 Å². The van der Waals surface area contributed by atoms with Crippen LogP contribution in [-0.4, -0.2) is 23.4 Å². The molecule has 0 bridgehead atoms. The number of amides is 1. The van der Waals surface area contributed by atoms with Crippen molar-refractivity contribution < 1.29 is 19.2 Å². The van der Waals surface area contributed by atoms with Gasteiger partial charge in [-0.25, -0.2) is 4.79 Å². The van der Waals surface area contributed by atoms with Crippen LogP contribution in [0.15, 0.2) is 47.8 Å². The average Bonchev–Trinajstić information content (AvgIpc) is 3.12. The summed E-state index contributed by atoms with van der Waals surface area (Å²) in [5, 5.41) is 16.0. The molecule has 0 aliphatic rings. The normalized spacial score (nSPS) is 10.5. The molecule has 3 rings (SSSR count). The molecular formula is C20H14Cl2N2O5S. The lowest BCUT2D eigenvalue weighted by Crippen LogP contribution is -2.15. The molecule has 1 aromatic heterocycles. The highest BCUT2D eigenvalue weighted by molar-refractivity contribution is 7.15. The molecule has 30 heavy (non-hydrogen) atoms. The summed E-state index contributed by atoms with van der Waals surface area (Å²) < 4.78 is 5.16. The number of carbonyl (C=O) groups is 2. The Hall–Kier alpha value is -2.94. The number of nitrogens with zero attached hydrogens (tertiary/aromatic N) is 1. The zero-order valence-corrected chi connectivity index (χ0v) is 17.8. The SMILES string of the molecule is CCOC(=O)c1c(-c2ccc(Cl)cc2)csc1NC(=O)c1ccc([N+](=O)[O-])cc1Cl. The van der Waals surface area contributed by atoms with Gasteiger partial charge in [-0.05, 0) is 30.7 Å². The summed E-state index contributed by atoms with van der Waals surface area (Å²) in [5.74, 6) is -1.20. The maximum Gasteiger partial charge on any atom is 0.341 e. The van der Waals surface area contributed by atoms with Crippen molar-refractivity contribution in [2.45, 2.75) is 6.92 Å². The van der Waals surface area contributed by atoms with E-state index in [1.165, 1.54) is 12.1 Å². The summed E-state index contributed by atoms with van der Waals surface area (Å²) in [6.45, 7) is 1.84. The molecule has 0 saturated heterocycles. The zero-order valence-electron chi connectivity index (χ0n) is 15.5. The van der Waals surface area contributed by atoms with E-state index in [4.69, 9.17) is 27.9 Å². The molecule has 2 aromatic carbocycles. The number of benzene rings is 2. The molecule has 1 amide bonds. The van der Waals surface area contributed by atoms with Crippen LogP contribution in [0.1, 0.15) is 27.6 Å². The Morgan fingerprint density at radius 3 is 2.47 bits per heavy atom. The van der Waals surface area contributed by atoms with Crippen LogP contribution in [0.5, 0.6) is 0 Å². The van der Waals surface area contributed by atoms with Crippen LogP contribution in [0, 0.1) is 10.1 Å². The third kappa shape index (κ3) is 4.62. The van der Waals surface area contributed by atoms with Gasteiger partial charge in [0.15, 0.2) is 0 Å². The molecule has 0 spiro atoms. The molecule has 0 atom stereocenters. The molecule has 154 valence electrons. The Kier molecular flexibility index (Phi) is 6.71. The number of halogens is 2. The molecule has 0 aliphatic carbocycles. The summed E-state index contributed by atoms with van der Waals surface area (Å²) >= 11 is 13.1. The predicted molar refractivity (Wildman–Crippen MR) is 117 cm³/mol. The van der Waals surface area contributed by atoms with Gasteiger partial charge in [-0.1, -0.05) is 35.3 Å². The fourth-order valence-electron chi connectivity index (χ4n) is 2.67. The fourth-order valence-corrected chi connectivity index (χ4v) is 4.01. The van der Waals surface area contributed by atoms with Crippen LogP contribution >= 0.6 is 34.5 Å². The van der Waals surface area contributed by atoms with Gasteiger partial charge in [-0.15, -0.1) is 11.3 Å². The molecule has 0 saturated carbocycles. The van der Waals surface area contributed by atoms with Crippen LogP contribution in [0.3, 0.4) is 0 Å². The molecule has 0 radical (unpaired) electrons. The Labute approximate surface area is 185 Å². The third-order valence-corrected chi connectivity index (χ3v) is 5.52. The molecule has 0 unspecified atom stereocenters. The monoisotopic (exact) mass is 464 g/mol. The predicted octanol–water partition coefficient (Wildman–Crippen LogP) is 6.06. The van der Waals surface area contributed by atoms with Gasteiger partial charge in [0.05, 0.1) is 22.1 Å². The van der Waals surface area contributed by atoms with E-state index in [9.17, 15) is 19.7 Å². The number of esters is 1. The van der Waals surface area contributed by atoms with Gasteiger partial charge in [-0.3, -0.25) is 14.9 Å². The first kappa shape index (κ1) is 21.8. The van der Waals surface area contributed by atoms with E-state index >= 15 is 0 Å². The maximum absolute atomic E-state index is 12.7. The van der Waals surface area contributed by atoms with E-state index in [-0.39, 0.29) is 33.4 Å².